The summed E-state index contributed by atoms with van der Waals surface area (Å²) in [7, 11) is 0. The van der Waals surface area contributed by atoms with Crippen molar-refractivity contribution >= 4 is 6.09 Å². The van der Waals surface area contributed by atoms with Crippen molar-refractivity contribution in [2.24, 2.45) is 5.92 Å². The predicted molar refractivity (Wildman–Crippen MR) is 62.3 cm³/mol. The molecule has 1 saturated carbocycles. The lowest BCUT2D eigenvalue weighted by atomic mass is 9.91. The van der Waals surface area contributed by atoms with Crippen molar-refractivity contribution in [2.75, 3.05) is 13.1 Å². The zero-order chi connectivity index (χ0) is 11.8. The molecule has 2 aliphatic rings. The van der Waals surface area contributed by atoms with Gasteiger partial charge < -0.3 is 15.4 Å². The molecular weight excluding hydrogens is 204 g/mol. The second kappa shape index (κ2) is 3.91. The van der Waals surface area contributed by atoms with Crippen molar-refractivity contribution in [3.05, 3.63) is 0 Å². The second-order valence-electron chi connectivity index (χ2n) is 6.00. The Balaban J connectivity index is 1.96. The van der Waals surface area contributed by atoms with Crippen LogP contribution in [0, 0.1) is 5.92 Å². The molecule has 16 heavy (non-hydrogen) atoms. The Hall–Kier alpha value is -0.770. The summed E-state index contributed by atoms with van der Waals surface area (Å²) >= 11 is 0. The van der Waals surface area contributed by atoms with Gasteiger partial charge in [0.05, 0.1) is 5.54 Å². The van der Waals surface area contributed by atoms with Crippen molar-refractivity contribution in [3.63, 3.8) is 0 Å². The Morgan fingerprint density at radius 3 is 2.94 bits per heavy atom. The van der Waals surface area contributed by atoms with Gasteiger partial charge in [0.25, 0.3) is 0 Å². The smallest absolute Gasteiger partial charge is 0.408 e. The highest BCUT2D eigenvalue weighted by Gasteiger charge is 2.47. The Morgan fingerprint density at radius 2 is 2.25 bits per heavy atom. The van der Waals surface area contributed by atoms with E-state index in [-0.39, 0.29) is 11.6 Å². The van der Waals surface area contributed by atoms with Gasteiger partial charge in [-0.25, -0.2) is 4.79 Å². The average Bonchev–Trinajstić information content (AvgIpc) is 2.57. The maximum absolute atomic E-state index is 11.8. The lowest BCUT2D eigenvalue weighted by Gasteiger charge is -2.31. The van der Waals surface area contributed by atoms with Crippen LogP contribution in [0.4, 0.5) is 4.79 Å². The van der Waals surface area contributed by atoms with Gasteiger partial charge in [-0.3, -0.25) is 0 Å². The molecule has 4 heteroatoms. The van der Waals surface area contributed by atoms with Crippen LogP contribution < -0.4 is 10.6 Å². The van der Waals surface area contributed by atoms with E-state index in [1.54, 1.807) is 0 Å². The van der Waals surface area contributed by atoms with E-state index in [2.05, 4.69) is 10.6 Å². The van der Waals surface area contributed by atoms with Crippen LogP contribution in [0.1, 0.15) is 40.0 Å². The molecule has 0 spiro atoms. The minimum absolute atomic E-state index is 0.0394. The van der Waals surface area contributed by atoms with Gasteiger partial charge in [0.2, 0.25) is 0 Å². The first-order chi connectivity index (χ1) is 7.41. The van der Waals surface area contributed by atoms with Crippen molar-refractivity contribution in [1.82, 2.24) is 10.6 Å². The number of carbonyl (C=O) groups excluding carboxylic acids is 1. The normalized spacial score (nSPS) is 33.6. The summed E-state index contributed by atoms with van der Waals surface area (Å²) in [5.41, 5.74) is -0.455. The maximum atomic E-state index is 11.8. The highest BCUT2D eigenvalue weighted by Crippen LogP contribution is 2.38. The molecule has 0 aromatic carbocycles. The Bertz CT molecular complexity index is 273. The van der Waals surface area contributed by atoms with Crippen LogP contribution in [-0.2, 0) is 4.74 Å². The number of ether oxygens (including phenoxy) is 1. The van der Waals surface area contributed by atoms with Gasteiger partial charge in [-0.15, -0.1) is 0 Å². The number of hydrogen-bond donors (Lipinski definition) is 2. The van der Waals surface area contributed by atoms with E-state index in [0.29, 0.717) is 5.92 Å². The zero-order valence-corrected chi connectivity index (χ0v) is 10.4. The van der Waals surface area contributed by atoms with Crippen LogP contribution in [0.3, 0.4) is 0 Å². The lowest BCUT2D eigenvalue weighted by molar-refractivity contribution is 0.0449. The van der Waals surface area contributed by atoms with Crippen LogP contribution in [0.15, 0.2) is 0 Å². The predicted octanol–water partition coefficient (Wildman–Crippen LogP) is 1.65. The van der Waals surface area contributed by atoms with Crippen LogP contribution in [0.2, 0.25) is 0 Å². The maximum Gasteiger partial charge on any atom is 0.408 e. The Morgan fingerprint density at radius 1 is 1.50 bits per heavy atom. The molecule has 1 aliphatic heterocycles. The van der Waals surface area contributed by atoms with Gasteiger partial charge in [0.15, 0.2) is 0 Å². The monoisotopic (exact) mass is 226 g/mol. The third-order valence-electron chi connectivity index (χ3n) is 3.54. The average molecular weight is 226 g/mol. The van der Waals surface area contributed by atoms with E-state index in [1.165, 1.54) is 12.8 Å². The molecular formula is C12H22N2O2. The van der Waals surface area contributed by atoms with Gasteiger partial charge in [0.1, 0.15) is 5.60 Å². The van der Waals surface area contributed by atoms with Crippen molar-refractivity contribution in [3.8, 4) is 0 Å². The Labute approximate surface area is 97.1 Å². The second-order valence-corrected chi connectivity index (χ2v) is 6.00. The van der Waals surface area contributed by atoms with E-state index >= 15 is 0 Å². The molecule has 0 aromatic heterocycles. The minimum Gasteiger partial charge on any atom is -0.444 e. The van der Waals surface area contributed by atoms with Gasteiger partial charge in [-0.2, -0.15) is 0 Å². The van der Waals surface area contributed by atoms with E-state index in [0.717, 1.165) is 19.5 Å². The molecule has 0 aromatic rings. The van der Waals surface area contributed by atoms with E-state index < -0.39 is 5.60 Å². The highest BCUT2D eigenvalue weighted by atomic mass is 16.6. The largest absolute Gasteiger partial charge is 0.444 e. The van der Waals surface area contributed by atoms with E-state index in [4.69, 9.17) is 4.74 Å². The third kappa shape index (κ3) is 2.32. The van der Waals surface area contributed by atoms with Crippen LogP contribution >= 0.6 is 0 Å². The molecule has 2 N–H and O–H groups in total. The lowest BCUT2D eigenvalue weighted by Crippen LogP contribution is -2.53. The molecule has 4 nitrogen and oxygen atoms in total. The van der Waals surface area contributed by atoms with Crippen molar-refractivity contribution in [2.45, 2.75) is 51.2 Å². The van der Waals surface area contributed by atoms with E-state index in [1.807, 2.05) is 20.8 Å². The molecule has 0 unspecified atom stereocenters. The molecule has 0 radical (unpaired) electrons. The summed E-state index contributed by atoms with van der Waals surface area (Å²) in [6.45, 7) is 7.59. The first-order valence-electron chi connectivity index (χ1n) is 6.13. The number of alkyl carbamates (subject to hydrolysis) is 1. The first-order valence-corrected chi connectivity index (χ1v) is 6.13. The fourth-order valence-electron chi connectivity index (χ4n) is 2.86. The number of carbonyl (C=O) groups is 1. The van der Waals surface area contributed by atoms with Crippen molar-refractivity contribution in [1.29, 1.82) is 0 Å². The SMILES string of the molecule is CC(C)(C)OC(=O)N[C@]12CCC[C@@H]1CNC2. The third-order valence-corrected chi connectivity index (χ3v) is 3.54. The molecule has 0 bridgehead atoms. The molecule has 2 rings (SSSR count). The molecule has 2 fully saturated rings. The minimum atomic E-state index is -0.416. The zero-order valence-electron chi connectivity index (χ0n) is 10.4. The molecule has 1 amide bonds. The number of amides is 1. The summed E-state index contributed by atoms with van der Waals surface area (Å²) < 4.78 is 5.32. The van der Waals surface area contributed by atoms with Crippen LogP contribution in [0.5, 0.6) is 0 Å². The highest BCUT2D eigenvalue weighted by molar-refractivity contribution is 5.69. The number of rotatable bonds is 1. The Kier molecular flexibility index (Phi) is 2.86. The van der Waals surface area contributed by atoms with Crippen molar-refractivity contribution < 1.29 is 9.53 Å². The topological polar surface area (TPSA) is 50.4 Å². The van der Waals surface area contributed by atoms with E-state index in [9.17, 15) is 4.79 Å². The van der Waals surface area contributed by atoms with Crippen LogP contribution in [-0.4, -0.2) is 30.3 Å². The summed E-state index contributed by atoms with van der Waals surface area (Å²) in [5, 5.41) is 6.45. The molecule has 92 valence electrons. The first kappa shape index (κ1) is 11.7. The number of nitrogens with one attached hydrogen (secondary N) is 2. The molecule has 1 heterocycles. The quantitative estimate of drug-likeness (QED) is 0.715. The molecule has 1 aliphatic carbocycles. The van der Waals surface area contributed by atoms with Crippen LogP contribution in [0.25, 0.3) is 0 Å². The fraction of sp³-hybridized carbons (Fsp3) is 0.917. The summed E-state index contributed by atoms with van der Waals surface area (Å²) in [4.78, 5) is 11.8. The standard InChI is InChI=1S/C12H22N2O2/c1-11(2,3)16-10(15)14-12-6-4-5-9(12)7-13-8-12/h9,13H,4-8H2,1-3H3,(H,14,15)/t9-,12+/m1/s1. The molecule has 2 atom stereocenters. The summed E-state index contributed by atoms with van der Waals surface area (Å²) in [6, 6.07) is 0. The number of hydrogen-bond acceptors (Lipinski definition) is 3. The summed E-state index contributed by atoms with van der Waals surface area (Å²) in [5.74, 6) is 0.583. The summed E-state index contributed by atoms with van der Waals surface area (Å²) in [6.07, 6.45) is 3.22. The van der Waals surface area contributed by atoms with Gasteiger partial charge in [0, 0.05) is 13.1 Å². The number of fused-ring (bicyclic) bond motifs is 1. The molecule has 1 saturated heterocycles. The van der Waals surface area contributed by atoms with Gasteiger partial charge in [-0.1, -0.05) is 6.42 Å². The van der Waals surface area contributed by atoms with Gasteiger partial charge >= 0.3 is 6.09 Å². The fourth-order valence-corrected chi connectivity index (χ4v) is 2.86. The van der Waals surface area contributed by atoms with Gasteiger partial charge in [-0.05, 0) is 39.5 Å².